The van der Waals surface area contributed by atoms with E-state index in [1.807, 2.05) is 6.92 Å². The molecule has 0 amide bonds. The third-order valence-corrected chi connectivity index (χ3v) is 2.20. The van der Waals surface area contributed by atoms with Crippen LogP contribution in [0.3, 0.4) is 0 Å². The molecule has 0 aromatic heterocycles. The van der Waals surface area contributed by atoms with Gasteiger partial charge >= 0.3 is 0 Å². The van der Waals surface area contributed by atoms with Crippen molar-refractivity contribution in [1.29, 1.82) is 0 Å². The van der Waals surface area contributed by atoms with Crippen molar-refractivity contribution in [3.8, 4) is 5.75 Å². The van der Waals surface area contributed by atoms with Crippen LogP contribution in [0.1, 0.15) is 31.4 Å². The van der Waals surface area contributed by atoms with Gasteiger partial charge in [0.15, 0.2) is 0 Å². The summed E-state index contributed by atoms with van der Waals surface area (Å²) >= 11 is 0. The summed E-state index contributed by atoms with van der Waals surface area (Å²) < 4.78 is 18.4. The number of halogens is 1. The number of nitrogens with two attached hydrogens (primary N) is 1. The second-order valence-electron chi connectivity index (χ2n) is 3.28. The molecule has 1 aromatic carbocycles. The van der Waals surface area contributed by atoms with Crippen LogP contribution in [0.25, 0.3) is 0 Å². The molecule has 1 unspecified atom stereocenters. The maximum atomic E-state index is 13.3. The number of benzene rings is 1. The zero-order valence-electron chi connectivity index (χ0n) is 8.59. The molecular formula is C11H16FNO. The van der Waals surface area contributed by atoms with E-state index in [9.17, 15) is 4.39 Å². The summed E-state index contributed by atoms with van der Waals surface area (Å²) in [6, 6.07) is 4.41. The topological polar surface area (TPSA) is 35.2 Å². The largest absolute Gasteiger partial charge is 0.497 e. The normalized spacial score (nSPS) is 12.6. The first kappa shape index (κ1) is 11.0. The zero-order chi connectivity index (χ0) is 10.6. The first-order valence-electron chi connectivity index (χ1n) is 4.78. The molecule has 14 heavy (non-hydrogen) atoms. The molecule has 0 fully saturated rings. The van der Waals surface area contributed by atoms with E-state index < -0.39 is 0 Å². The van der Waals surface area contributed by atoms with Crippen molar-refractivity contribution in [2.24, 2.45) is 5.73 Å². The van der Waals surface area contributed by atoms with Gasteiger partial charge in [-0.3, -0.25) is 0 Å². The third kappa shape index (κ3) is 2.45. The van der Waals surface area contributed by atoms with Crippen LogP contribution < -0.4 is 10.5 Å². The molecule has 0 saturated carbocycles. The number of rotatable bonds is 4. The minimum absolute atomic E-state index is 0.241. The van der Waals surface area contributed by atoms with Crippen molar-refractivity contribution in [3.63, 3.8) is 0 Å². The fraction of sp³-hybridized carbons (Fsp3) is 0.455. The molecule has 2 nitrogen and oxygen atoms in total. The SMILES string of the molecule is CCCC(N)c1cc(OC)ccc1F. The fourth-order valence-corrected chi connectivity index (χ4v) is 1.40. The Labute approximate surface area is 83.9 Å². The van der Waals surface area contributed by atoms with Gasteiger partial charge < -0.3 is 10.5 Å². The monoisotopic (exact) mass is 197 g/mol. The Bertz CT molecular complexity index is 301. The van der Waals surface area contributed by atoms with Crippen LogP contribution in [0.5, 0.6) is 5.75 Å². The second kappa shape index (κ2) is 4.96. The molecule has 0 aliphatic carbocycles. The first-order valence-corrected chi connectivity index (χ1v) is 4.78. The van der Waals surface area contributed by atoms with E-state index in [0.717, 1.165) is 12.8 Å². The smallest absolute Gasteiger partial charge is 0.128 e. The minimum atomic E-state index is -0.258. The summed E-state index contributed by atoms with van der Waals surface area (Å²) in [5.74, 6) is 0.389. The maximum absolute atomic E-state index is 13.3. The van der Waals surface area contributed by atoms with E-state index in [4.69, 9.17) is 10.5 Å². The molecule has 3 heteroatoms. The van der Waals surface area contributed by atoms with Gasteiger partial charge in [0.25, 0.3) is 0 Å². The Hall–Kier alpha value is -1.09. The van der Waals surface area contributed by atoms with Crippen LogP contribution in [0.15, 0.2) is 18.2 Å². The highest BCUT2D eigenvalue weighted by molar-refractivity contribution is 5.31. The highest BCUT2D eigenvalue weighted by atomic mass is 19.1. The van der Waals surface area contributed by atoms with Gasteiger partial charge in [-0.05, 0) is 24.6 Å². The number of methoxy groups -OCH3 is 1. The van der Waals surface area contributed by atoms with Crippen LogP contribution in [0.2, 0.25) is 0 Å². The quantitative estimate of drug-likeness (QED) is 0.805. The van der Waals surface area contributed by atoms with Crippen molar-refractivity contribution < 1.29 is 9.13 Å². The lowest BCUT2D eigenvalue weighted by Gasteiger charge is -2.12. The highest BCUT2D eigenvalue weighted by Gasteiger charge is 2.11. The molecular weight excluding hydrogens is 181 g/mol. The van der Waals surface area contributed by atoms with Crippen molar-refractivity contribution in [2.75, 3.05) is 7.11 Å². The summed E-state index contributed by atoms with van der Waals surface area (Å²) in [6.07, 6.45) is 1.72. The van der Waals surface area contributed by atoms with Crippen molar-refractivity contribution in [3.05, 3.63) is 29.6 Å². The van der Waals surface area contributed by atoms with E-state index in [1.54, 1.807) is 19.2 Å². The van der Waals surface area contributed by atoms with Gasteiger partial charge in [0.05, 0.1) is 7.11 Å². The molecule has 1 atom stereocenters. The highest BCUT2D eigenvalue weighted by Crippen LogP contribution is 2.23. The number of hydrogen-bond acceptors (Lipinski definition) is 2. The molecule has 0 bridgehead atoms. The van der Waals surface area contributed by atoms with Crippen LogP contribution >= 0.6 is 0 Å². The van der Waals surface area contributed by atoms with Gasteiger partial charge in [-0.25, -0.2) is 4.39 Å². The van der Waals surface area contributed by atoms with Gasteiger partial charge in [-0.15, -0.1) is 0 Å². The first-order chi connectivity index (χ1) is 6.69. The second-order valence-corrected chi connectivity index (χ2v) is 3.28. The average Bonchev–Trinajstić information content (AvgIpc) is 2.19. The summed E-state index contributed by atoms with van der Waals surface area (Å²) in [7, 11) is 1.56. The van der Waals surface area contributed by atoms with Gasteiger partial charge in [-0.2, -0.15) is 0 Å². The molecule has 0 aliphatic heterocycles. The zero-order valence-corrected chi connectivity index (χ0v) is 8.59. The van der Waals surface area contributed by atoms with Crippen LogP contribution in [-0.2, 0) is 0 Å². The minimum Gasteiger partial charge on any atom is -0.497 e. The molecule has 2 N–H and O–H groups in total. The summed E-state index contributed by atoms with van der Waals surface area (Å²) in [4.78, 5) is 0. The van der Waals surface area contributed by atoms with Gasteiger partial charge in [0.1, 0.15) is 11.6 Å². The predicted octanol–water partition coefficient (Wildman–Crippen LogP) is 2.63. The van der Waals surface area contributed by atoms with Crippen LogP contribution in [0, 0.1) is 5.82 Å². The van der Waals surface area contributed by atoms with Crippen LogP contribution in [-0.4, -0.2) is 7.11 Å². The lowest BCUT2D eigenvalue weighted by atomic mass is 10.0. The molecule has 1 rings (SSSR count). The Balaban J connectivity index is 2.93. The lowest BCUT2D eigenvalue weighted by Crippen LogP contribution is -2.11. The Morgan fingerprint density at radius 2 is 2.21 bits per heavy atom. The van der Waals surface area contributed by atoms with Crippen molar-refractivity contribution in [1.82, 2.24) is 0 Å². The van der Waals surface area contributed by atoms with E-state index >= 15 is 0 Å². The van der Waals surface area contributed by atoms with Crippen molar-refractivity contribution in [2.45, 2.75) is 25.8 Å². The molecule has 78 valence electrons. The summed E-state index contributed by atoms with van der Waals surface area (Å²) in [6.45, 7) is 2.03. The van der Waals surface area contributed by atoms with Crippen molar-refractivity contribution >= 4 is 0 Å². The lowest BCUT2D eigenvalue weighted by molar-refractivity contribution is 0.411. The maximum Gasteiger partial charge on any atom is 0.128 e. The third-order valence-electron chi connectivity index (χ3n) is 2.20. The van der Waals surface area contributed by atoms with E-state index in [0.29, 0.717) is 11.3 Å². The Morgan fingerprint density at radius 1 is 1.50 bits per heavy atom. The molecule has 0 aliphatic rings. The predicted molar refractivity (Wildman–Crippen MR) is 54.8 cm³/mol. The molecule has 0 spiro atoms. The fourth-order valence-electron chi connectivity index (χ4n) is 1.40. The number of hydrogen-bond donors (Lipinski definition) is 1. The summed E-state index contributed by atoms with van der Waals surface area (Å²) in [5.41, 5.74) is 6.37. The standard InChI is InChI=1S/C11H16FNO/c1-3-4-11(13)9-7-8(14-2)5-6-10(9)12/h5-7,11H,3-4,13H2,1-2H3. The Kier molecular flexibility index (Phi) is 3.89. The van der Waals surface area contributed by atoms with E-state index in [1.165, 1.54) is 6.07 Å². The van der Waals surface area contributed by atoms with Gasteiger partial charge in [0, 0.05) is 11.6 Å². The number of ether oxygens (including phenoxy) is 1. The summed E-state index contributed by atoms with van der Waals surface area (Å²) in [5, 5.41) is 0. The molecule has 0 radical (unpaired) electrons. The molecule has 0 saturated heterocycles. The molecule has 0 heterocycles. The van der Waals surface area contributed by atoms with E-state index in [-0.39, 0.29) is 11.9 Å². The van der Waals surface area contributed by atoms with E-state index in [2.05, 4.69) is 0 Å². The van der Waals surface area contributed by atoms with Gasteiger partial charge in [-0.1, -0.05) is 13.3 Å². The average molecular weight is 197 g/mol. The van der Waals surface area contributed by atoms with Crippen LogP contribution in [0.4, 0.5) is 4.39 Å². The Morgan fingerprint density at radius 3 is 2.79 bits per heavy atom. The molecule has 1 aromatic rings. The van der Waals surface area contributed by atoms with Gasteiger partial charge in [0.2, 0.25) is 0 Å².